The zero-order valence-corrected chi connectivity index (χ0v) is 27.4. The number of fused-ring (bicyclic) bond motifs is 3. The molecule has 234 valence electrons. The van der Waals surface area contributed by atoms with Crippen molar-refractivity contribution in [2.24, 2.45) is 0 Å². The molecule has 0 aliphatic heterocycles. The molecule has 8 aromatic carbocycles. The van der Waals surface area contributed by atoms with Crippen LogP contribution < -0.4 is 0 Å². The minimum atomic E-state index is 0.708. The van der Waals surface area contributed by atoms with Gasteiger partial charge in [0.25, 0.3) is 0 Å². The molecule has 0 atom stereocenters. The highest BCUT2D eigenvalue weighted by atomic mass is 14.9. The number of benzene rings is 8. The van der Waals surface area contributed by atoms with Gasteiger partial charge in [0.15, 0.2) is 5.82 Å². The van der Waals surface area contributed by atoms with E-state index in [1.807, 2.05) is 0 Å². The summed E-state index contributed by atoms with van der Waals surface area (Å²) in [7, 11) is 0. The molecule has 0 bridgehead atoms. The largest absolute Gasteiger partial charge is 0.228 e. The van der Waals surface area contributed by atoms with Crippen molar-refractivity contribution in [3.05, 3.63) is 194 Å². The smallest absolute Gasteiger partial charge is 0.160 e. The van der Waals surface area contributed by atoms with Crippen LogP contribution in [0.2, 0.25) is 0 Å². The predicted octanol–water partition coefficient (Wildman–Crippen LogP) is 12.8. The van der Waals surface area contributed by atoms with Gasteiger partial charge in [0.2, 0.25) is 0 Å². The van der Waals surface area contributed by atoms with E-state index in [1.165, 1.54) is 27.6 Å². The Morgan fingerprint density at radius 1 is 0.300 bits per heavy atom. The van der Waals surface area contributed by atoms with E-state index in [2.05, 4.69) is 194 Å². The van der Waals surface area contributed by atoms with Gasteiger partial charge in [-0.2, -0.15) is 0 Å². The van der Waals surface area contributed by atoms with Crippen molar-refractivity contribution in [3.63, 3.8) is 0 Å². The molecular formula is C48H32N2. The second kappa shape index (κ2) is 12.8. The maximum absolute atomic E-state index is 5.40. The zero-order chi connectivity index (χ0) is 33.3. The van der Waals surface area contributed by atoms with E-state index < -0.39 is 0 Å². The highest BCUT2D eigenvalue weighted by Crippen LogP contribution is 2.39. The molecule has 0 amide bonds. The Bertz CT molecular complexity index is 2640. The first-order valence-electron chi connectivity index (χ1n) is 17.0. The van der Waals surface area contributed by atoms with E-state index in [0.29, 0.717) is 5.82 Å². The summed E-state index contributed by atoms with van der Waals surface area (Å²) in [5, 5.41) is 3.39. The summed E-state index contributed by atoms with van der Waals surface area (Å²) in [6.07, 6.45) is 0. The van der Waals surface area contributed by atoms with E-state index in [-0.39, 0.29) is 0 Å². The van der Waals surface area contributed by atoms with Crippen LogP contribution in [-0.4, -0.2) is 9.97 Å². The van der Waals surface area contributed by atoms with Crippen LogP contribution in [-0.2, 0) is 0 Å². The van der Waals surface area contributed by atoms with E-state index in [4.69, 9.17) is 9.97 Å². The Labute approximate surface area is 292 Å². The lowest BCUT2D eigenvalue weighted by Gasteiger charge is -2.15. The molecule has 0 fully saturated rings. The van der Waals surface area contributed by atoms with Gasteiger partial charge in [0, 0.05) is 16.5 Å². The first kappa shape index (κ1) is 29.5. The van der Waals surface area contributed by atoms with Crippen LogP contribution in [0.3, 0.4) is 0 Å². The van der Waals surface area contributed by atoms with Crippen molar-refractivity contribution in [2.45, 2.75) is 0 Å². The summed E-state index contributed by atoms with van der Waals surface area (Å²) >= 11 is 0. The number of nitrogens with zero attached hydrogens (tertiary/aromatic N) is 2. The SMILES string of the molecule is c1ccc(-c2cccc(-c3cccc(-c4cccc(-c5nc(-c6ccccc6-c6ccccc6)c6c(ccc7ccccc76)n5)c4)c3)c2)cc1. The van der Waals surface area contributed by atoms with Gasteiger partial charge in [-0.3, -0.25) is 0 Å². The average molecular weight is 637 g/mol. The highest BCUT2D eigenvalue weighted by Gasteiger charge is 2.18. The Kier molecular flexibility index (Phi) is 7.53. The second-order valence-electron chi connectivity index (χ2n) is 12.6. The third-order valence-corrected chi connectivity index (χ3v) is 9.47. The second-order valence-corrected chi connectivity index (χ2v) is 12.6. The Hall–Kier alpha value is -6.64. The van der Waals surface area contributed by atoms with Crippen LogP contribution in [0.25, 0.3) is 88.8 Å². The normalized spacial score (nSPS) is 11.2. The van der Waals surface area contributed by atoms with Crippen LogP contribution in [0.4, 0.5) is 0 Å². The van der Waals surface area contributed by atoms with E-state index in [1.54, 1.807) is 0 Å². The molecule has 0 aliphatic rings. The van der Waals surface area contributed by atoms with Crippen molar-refractivity contribution in [2.75, 3.05) is 0 Å². The van der Waals surface area contributed by atoms with E-state index >= 15 is 0 Å². The molecule has 0 saturated carbocycles. The fourth-order valence-electron chi connectivity index (χ4n) is 7.01. The highest BCUT2D eigenvalue weighted by molar-refractivity contribution is 6.13. The molecule has 0 radical (unpaired) electrons. The van der Waals surface area contributed by atoms with Crippen LogP contribution in [0.15, 0.2) is 194 Å². The van der Waals surface area contributed by atoms with Gasteiger partial charge in [0.1, 0.15) is 0 Å². The van der Waals surface area contributed by atoms with Crippen molar-refractivity contribution < 1.29 is 0 Å². The van der Waals surface area contributed by atoms with Gasteiger partial charge in [-0.15, -0.1) is 0 Å². The molecule has 0 spiro atoms. The molecule has 9 rings (SSSR count). The zero-order valence-electron chi connectivity index (χ0n) is 27.4. The fraction of sp³-hybridized carbons (Fsp3) is 0. The first-order chi connectivity index (χ1) is 24.8. The lowest BCUT2D eigenvalue weighted by molar-refractivity contribution is 1.23. The maximum atomic E-state index is 5.40. The molecule has 0 unspecified atom stereocenters. The number of aromatic nitrogens is 2. The molecule has 1 heterocycles. The van der Waals surface area contributed by atoms with Crippen molar-refractivity contribution in [3.8, 4) is 67.2 Å². The molecule has 9 aromatic rings. The standard InChI is InChI=1S/C48H32N2/c1-3-14-33(15-4-1)36-19-11-20-37(30-36)38-21-12-22-39(31-38)40-23-13-24-41(32-40)48-49-45-29-28-35-18-7-8-26-43(35)46(45)47(50-48)44-27-10-9-25-42(44)34-16-5-2-6-17-34/h1-32H. The summed E-state index contributed by atoms with van der Waals surface area (Å²) in [6, 6.07) is 68.6. The Morgan fingerprint density at radius 3 is 1.44 bits per heavy atom. The number of hydrogen-bond donors (Lipinski definition) is 0. The third kappa shape index (κ3) is 5.53. The molecule has 0 aliphatic carbocycles. The van der Waals surface area contributed by atoms with Crippen molar-refractivity contribution >= 4 is 21.7 Å². The average Bonchev–Trinajstić information content (AvgIpc) is 3.21. The summed E-state index contributed by atoms with van der Waals surface area (Å²) in [5.74, 6) is 0.708. The van der Waals surface area contributed by atoms with Crippen molar-refractivity contribution in [1.29, 1.82) is 0 Å². The monoisotopic (exact) mass is 636 g/mol. The van der Waals surface area contributed by atoms with Gasteiger partial charge in [0.05, 0.1) is 11.2 Å². The molecule has 0 N–H and O–H groups in total. The van der Waals surface area contributed by atoms with E-state index in [0.717, 1.165) is 55.4 Å². The lowest BCUT2D eigenvalue weighted by Crippen LogP contribution is -1.97. The van der Waals surface area contributed by atoms with Crippen LogP contribution in [0.5, 0.6) is 0 Å². The van der Waals surface area contributed by atoms with Crippen LogP contribution in [0.1, 0.15) is 0 Å². The Morgan fingerprint density at radius 2 is 0.780 bits per heavy atom. The van der Waals surface area contributed by atoms with Gasteiger partial charge >= 0.3 is 0 Å². The molecule has 1 aromatic heterocycles. The van der Waals surface area contributed by atoms with Gasteiger partial charge in [-0.1, -0.05) is 170 Å². The summed E-state index contributed by atoms with van der Waals surface area (Å²) < 4.78 is 0. The Balaban J connectivity index is 1.17. The fourth-order valence-corrected chi connectivity index (χ4v) is 7.01. The minimum Gasteiger partial charge on any atom is -0.228 e. The minimum absolute atomic E-state index is 0.708. The summed E-state index contributed by atoms with van der Waals surface area (Å²) in [5.41, 5.74) is 13.3. The molecule has 2 heteroatoms. The first-order valence-corrected chi connectivity index (χ1v) is 17.0. The molecule has 2 nitrogen and oxygen atoms in total. The molecule has 0 saturated heterocycles. The third-order valence-electron chi connectivity index (χ3n) is 9.47. The number of rotatable bonds is 6. The molecular weight excluding hydrogens is 605 g/mol. The maximum Gasteiger partial charge on any atom is 0.160 e. The number of hydrogen-bond acceptors (Lipinski definition) is 2. The predicted molar refractivity (Wildman–Crippen MR) is 210 cm³/mol. The lowest BCUT2D eigenvalue weighted by atomic mass is 9.93. The van der Waals surface area contributed by atoms with Crippen LogP contribution >= 0.6 is 0 Å². The van der Waals surface area contributed by atoms with Gasteiger partial charge < -0.3 is 0 Å². The topological polar surface area (TPSA) is 25.8 Å². The van der Waals surface area contributed by atoms with Crippen molar-refractivity contribution in [1.82, 2.24) is 9.97 Å². The quantitative estimate of drug-likeness (QED) is 0.170. The van der Waals surface area contributed by atoms with Gasteiger partial charge in [-0.25, -0.2) is 9.97 Å². The summed E-state index contributed by atoms with van der Waals surface area (Å²) in [6.45, 7) is 0. The van der Waals surface area contributed by atoms with Gasteiger partial charge in [-0.05, 0) is 79.5 Å². The molecule has 50 heavy (non-hydrogen) atoms. The van der Waals surface area contributed by atoms with Crippen LogP contribution in [0, 0.1) is 0 Å². The summed E-state index contributed by atoms with van der Waals surface area (Å²) in [4.78, 5) is 10.6. The van der Waals surface area contributed by atoms with E-state index in [9.17, 15) is 0 Å².